The third kappa shape index (κ3) is 5.67. The van der Waals surface area contributed by atoms with E-state index >= 15 is 0 Å². The molecule has 0 aromatic carbocycles. The Morgan fingerprint density at radius 2 is 1.85 bits per heavy atom. The molecule has 5 nitrogen and oxygen atoms in total. The molecular weight excluding hydrogens is 256 g/mol. The van der Waals surface area contributed by atoms with Gasteiger partial charge >= 0.3 is 6.03 Å². The van der Waals surface area contributed by atoms with Gasteiger partial charge in [0.05, 0.1) is 12.2 Å². The summed E-state index contributed by atoms with van der Waals surface area (Å²) in [7, 11) is 0. The van der Waals surface area contributed by atoms with Crippen molar-refractivity contribution in [1.82, 2.24) is 10.6 Å². The highest BCUT2D eigenvalue weighted by Gasteiger charge is 2.29. The van der Waals surface area contributed by atoms with Gasteiger partial charge in [-0.2, -0.15) is 0 Å². The lowest BCUT2D eigenvalue weighted by molar-refractivity contribution is -0.0402. The van der Waals surface area contributed by atoms with Crippen LogP contribution in [-0.4, -0.2) is 42.0 Å². The van der Waals surface area contributed by atoms with Crippen LogP contribution in [0.2, 0.25) is 0 Å². The average molecular weight is 286 g/mol. The molecule has 0 aromatic rings. The minimum atomic E-state index is -0.148. The van der Waals surface area contributed by atoms with Crippen LogP contribution in [-0.2, 0) is 4.74 Å². The molecule has 1 fully saturated rings. The van der Waals surface area contributed by atoms with Crippen molar-refractivity contribution in [2.45, 2.75) is 78.2 Å². The predicted octanol–water partition coefficient (Wildman–Crippen LogP) is 2.04. The van der Waals surface area contributed by atoms with Crippen molar-refractivity contribution in [2.24, 2.45) is 5.41 Å². The van der Waals surface area contributed by atoms with Gasteiger partial charge in [-0.15, -0.1) is 0 Å². The maximum atomic E-state index is 12.1. The molecule has 0 saturated carbocycles. The maximum absolute atomic E-state index is 12.1. The summed E-state index contributed by atoms with van der Waals surface area (Å²) in [6.07, 6.45) is 2.62. The van der Waals surface area contributed by atoms with Crippen LogP contribution in [0.3, 0.4) is 0 Å². The smallest absolute Gasteiger partial charge is 0.315 e. The number of hydrogen-bond donors (Lipinski definition) is 3. The van der Waals surface area contributed by atoms with E-state index in [0.717, 1.165) is 12.8 Å². The van der Waals surface area contributed by atoms with E-state index in [1.807, 2.05) is 13.8 Å². The number of carbonyl (C=O) groups excluding carboxylic acids is 1. The van der Waals surface area contributed by atoms with Crippen LogP contribution in [0.25, 0.3) is 0 Å². The molecule has 0 spiro atoms. The fourth-order valence-electron chi connectivity index (χ4n) is 2.76. The predicted molar refractivity (Wildman–Crippen MR) is 79.6 cm³/mol. The summed E-state index contributed by atoms with van der Waals surface area (Å²) >= 11 is 0. The van der Waals surface area contributed by atoms with Crippen LogP contribution in [0.5, 0.6) is 0 Å². The fraction of sp³-hybridized carbons (Fsp3) is 0.933. The van der Waals surface area contributed by atoms with Crippen LogP contribution < -0.4 is 10.6 Å². The highest BCUT2D eigenvalue weighted by molar-refractivity contribution is 5.74. The quantitative estimate of drug-likeness (QED) is 0.740. The van der Waals surface area contributed by atoms with Crippen molar-refractivity contribution in [2.75, 3.05) is 6.61 Å². The minimum Gasteiger partial charge on any atom is -0.396 e. The van der Waals surface area contributed by atoms with Crippen molar-refractivity contribution in [1.29, 1.82) is 0 Å². The van der Waals surface area contributed by atoms with E-state index in [0.29, 0.717) is 6.42 Å². The largest absolute Gasteiger partial charge is 0.396 e. The molecule has 0 aromatic heterocycles. The van der Waals surface area contributed by atoms with Gasteiger partial charge in [-0.1, -0.05) is 20.8 Å². The molecule has 0 aliphatic carbocycles. The molecule has 1 aliphatic heterocycles. The van der Waals surface area contributed by atoms with E-state index in [1.54, 1.807) is 0 Å². The van der Waals surface area contributed by atoms with Crippen LogP contribution in [0.4, 0.5) is 4.79 Å². The number of amides is 2. The summed E-state index contributed by atoms with van der Waals surface area (Å²) in [6, 6.07) is -0.0321. The van der Waals surface area contributed by atoms with Gasteiger partial charge < -0.3 is 20.5 Å². The topological polar surface area (TPSA) is 70.6 Å². The monoisotopic (exact) mass is 286 g/mol. The first-order chi connectivity index (χ1) is 9.22. The number of urea groups is 1. The maximum Gasteiger partial charge on any atom is 0.315 e. The molecule has 1 unspecified atom stereocenters. The van der Waals surface area contributed by atoms with E-state index in [9.17, 15) is 4.79 Å². The van der Waals surface area contributed by atoms with Crippen molar-refractivity contribution in [3.63, 3.8) is 0 Å². The molecule has 0 radical (unpaired) electrons. The van der Waals surface area contributed by atoms with Crippen LogP contribution in [0.15, 0.2) is 0 Å². The molecule has 0 bridgehead atoms. The minimum absolute atomic E-state index is 0.0396. The summed E-state index contributed by atoms with van der Waals surface area (Å²) in [5.74, 6) is 0. The van der Waals surface area contributed by atoms with Gasteiger partial charge in [-0.3, -0.25) is 0 Å². The lowest BCUT2D eigenvalue weighted by atomic mass is 9.85. The van der Waals surface area contributed by atoms with Crippen molar-refractivity contribution in [3.05, 3.63) is 0 Å². The van der Waals surface area contributed by atoms with Crippen LogP contribution in [0.1, 0.15) is 53.9 Å². The number of hydrogen-bond acceptors (Lipinski definition) is 3. The molecule has 4 atom stereocenters. The fourth-order valence-corrected chi connectivity index (χ4v) is 2.76. The van der Waals surface area contributed by atoms with Gasteiger partial charge in [-0.05, 0) is 38.5 Å². The number of carbonyl (C=O) groups is 1. The standard InChI is InChI=1S/C15H30N2O3/c1-10-8-12(9-11(2)20-10)16-14(19)17-13(6-7-18)15(3,4)5/h10-13,18H,6-9H2,1-5H3,(H2,16,17,19)/t10-,11+,12?,13-/m0/s1. The lowest BCUT2D eigenvalue weighted by Gasteiger charge is -2.35. The van der Waals surface area contributed by atoms with Gasteiger partial charge in [0.25, 0.3) is 0 Å². The van der Waals surface area contributed by atoms with Gasteiger partial charge in [0, 0.05) is 18.7 Å². The van der Waals surface area contributed by atoms with E-state index in [2.05, 4.69) is 31.4 Å². The second-order valence-corrected chi connectivity index (χ2v) is 6.97. The zero-order valence-corrected chi connectivity index (χ0v) is 13.4. The first kappa shape index (κ1) is 17.2. The van der Waals surface area contributed by atoms with E-state index in [-0.39, 0.29) is 42.3 Å². The lowest BCUT2D eigenvalue weighted by Crippen LogP contribution is -2.52. The molecule has 3 N–H and O–H groups in total. The van der Waals surface area contributed by atoms with Gasteiger partial charge in [0.1, 0.15) is 0 Å². The Kier molecular flexibility index (Phi) is 6.27. The van der Waals surface area contributed by atoms with Gasteiger partial charge in [0.2, 0.25) is 0 Å². The van der Waals surface area contributed by atoms with Gasteiger partial charge in [-0.25, -0.2) is 4.79 Å². The Bertz CT molecular complexity index is 305. The molecule has 5 heteroatoms. The molecule has 1 heterocycles. The number of nitrogens with one attached hydrogen (secondary N) is 2. The zero-order valence-electron chi connectivity index (χ0n) is 13.4. The van der Waals surface area contributed by atoms with E-state index in [4.69, 9.17) is 9.84 Å². The normalized spacial score (nSPS) is 28.8. The molecule has 20 heavy (non-hydrogen) atoms. The Balaban J connectivity index is 2.49. The van der Waals surface area contributed by atoms with Crippen molar-refractivity contribution < 1.29 is 14.6 Å². The average Bonchev–Trinajstić information content (AvgIpc) is 2.25. The number of ether oxygens (including phenoxy) is 1. The van der Waals surface area contributed by atoms with Crippen molar-refractivity contribution >= 4 is 6.03 Å². The Hall–Kier alpha value is -0.810. The molecule has 1 saturated heterocycles. The number of aliphatic hydroxyl groups is 1. The second kappa shape index (κ2) is 7.27. The number of rotatable bonds is 4. The zero-order chi connectivity index (χ0) is 15.3. The van der Waals surface area contributed by atoms with Crippen LogP contribution >= 0.6 is 0 Å². The highest BCUT2D eigenvalue weighted by Crippen LogP contribution is 2.22. The Morgan fingerprint density at radius 3 is 2.30 bits per heavy atom. The highest BCUT2D eigenvalue weighted by atomic mass is 16.5. The Labute approximate surface area is 122 Å². The first-order valence-corrected chi connectivity index (χ1v) is 7.55. The first-order valence-electron chi connectivity index (χ1n) is 7.55. The number of aliphatic hydroxyl groups excluding tert-OH is 1. The second-order valence-electron chi connectivity index (χ2n) is 6.97. The molecule has 1 rings (SSSR count). The molecule has 1 aliphatic rings. The summed E-state index contributed by atoms with van der Waals surface area (Å²) in [5.41, 5.74) is -0.0731. The van der Waals surface area contributed by atoms with Crippen molar-refractivity contribution in [3.8, 4) is 0 Å². The van der Waals surface area contributed by atoms with Crippen LogP contribution in [0, 0.1) is 5.41 Å². The summed E-state index contributed by atoms with van der Waals surface area (Å²) in [4.78, 5) is 12.1. The summed E-state index contributed by atoms with van der Waals surface area (Å²) in [5, 5.41) is 15.1. The van der Waals surface area contributed by atoms with Gasteiger partial charge in [0.15, 0.2) is 0 Å². The summed E-state index contributed by atoms with van der Waals surface area (Å²) in [6.45, 7) is 10.3. The van der Waals surface area contributed by atoms with E-state index < -0.39 is 0 Å². The van der Waals surface area contributed by atoms with E-state index in [1.165, 1.54) is 0 Å². The Morgan fingerprint density at radius 1 is 1.30 bits per heavy atom. The third-order valence-corrected chi connectivity index (χ3v) is 3.80. The summed E-state index contributed by atoms with van der Waals surface area (Å²) < 4.78 is 5.67. The third-order valence-electron chi connectivity index (χ3n) is 3.80. The molecular formula is C15H30N2O3. The molecule has 2 amide bonds. The SMILES string of the molecule is C[C@@H]1CC(NC(=O)N[C@@H](CCO)C(C)(C)C)C[C@H](C)O1. The molecule has 118 valence electrons.